The summed E-state index contributed by atoms with van der Waals surface area (Å²) in [5.74, 6) is 1.09. The molecule has 140 valence electrons. The quantitative estimate of drug-likeness (QED) is 0.819. The topological polar surface area (TPSA) is 93.4 Å². The van der Waals surface area contributed by atoms with E-state index in [0.717, 1.165) is 42.8 Å². The summed E-state index contributed by atoms with van der Waals surface area (Å²) in [6, 6.07) is 5.50. The Morgan fingerprint density at radius 2 is 2.19 bits per heavy atom. The number of hydrogen-bond acceptors (Lipinski definition) is 6. The summed E-state index contributed by atoms with van der Waals surface area (Å²) in [4.78, 5) is 23.0. The van der Waals surface area contributed by atoms with E-state index in [4.69, 9.17) is 10.5 Å². The van der Waals surface area contributed by atoms with Crippen LogP contribution in [0.4, 0.5) is 16.3 Å². The number of nitrogens with one attached hydrogen (secondary N) is 1. The number of fused-ring (bicyclic) bond motifs is 1. The zero-order valence-electron chi connectivity index (χ0n) is 15.7. The molecule has 7 nitrogen and oxygen atoms in total. The van der Waals surface area contributed by atoms with E-state index in [1.54, 1.807) is 11.1 Å². The number of benzene rings is 1. The normalized spacial score (nSPS) is 18.0. The number of rotatable bonds is 3. The number of amides is 1. The van der Waals surface area contributed by atoms with E-state index in [9.17, 15) is 4.79 Å². The molecule has 26 heavy (non-hydrogen) atoms. The predicted molar refractivity (Wildman–Crippen MR) is 103 cm³/mol. The van der Waals surface area contributed by atoms with Crippen molar-refractivity contribution in [1.29, 1.82) is 0 Å². The molecule has 0 radical (unpaired) electrons. The highest BCUT2D eigenvalue weighted by atomic mass is 16.6. The molecule has 0 spiro atoms. The van der Waals surface area contributed by atoms with Crippen LogP contribution in [0.3, 0.4) is 0 Å². The summed E-state index contributed by atoms with van der Waals surface area (Å²) in [7, 11) is 0. The van der Waals surface area contributed by atoms with Gasteiger partial charge < -0.3 is 20.7 Å². The van der Waals surface area contributed by atoms with Crippen molar-refractivity contribution < 1.29 is 9.53 Å². The Kier molecular flexibility index (Phi) is 5.15. The van der Waals surface area contributed by atoms with Crippen molar-refractivity contribution in [3.8, 4) is 0 Å². The van der Waals surface area contributed by atoms with Gasteiger partial charge in [-0.2, -0.15) is 0 Å². The van der Waals surface area contributed by atoms with Crippen molar-refractivity contribution in [3.05, 3.63) is 24.4 Å². The van der Waals surface area contributed by atoms with E-state index < -0.39 is 5.60 Å². The number of nitrogen functional groups attached to an aromatic ring is 1. The smallest absolute Gasteiger partial charge is 0.410 e. The summed E-state index contributed by atoms with van der Waals surface area (Å²) < 4.78 is 5.48. The van der Waals surface area contributed by atoms with Crippen molar-refractivity contribution in [1.82, 2.24) is 14.9 Å². The van der Waals surface area contributed by atoms with Crippen LogP contribution in [0.5, 0.6) is 0 Å². The number of anilines is 2. The molecule has 1 amide bonds. The number of aromatic nitrogens is 2. The van der Waals surface area contributed by atoms with E-state index in [1.165, 1.54) is 0 Å². The number of carbonyl (C=O) groups excluding carboxylic acids is 1. The Bertz CT molecular complexity index is 787. The molecule has 3 N–H and O–H groups in total. The Labute approximate surface area is 153 Å². The van der Waals surface area contributed by atoms with Crippen LogP contribution < -0.4 is 11.1 Å². The second-order valence-corrected chi connectivity index (χ2v) is 7.82. The summed E-state index contributed by atoms with van der Waals surface area (Å²) in [6.45, 7) is 7.86. The maximum Gasteiger partial charge on any atom is 0.410 e. The minimum absolute atomic E-state index is 0.231. The molecule has 7 heteroatoms. The van der Waals surface area contributed by atoms with E-state index in [-0.39, 0.29) is 6.09 Å². The van der Waals surface area contributed by atoms with Gasteiger partial charge in [0.1, 0.15) is 11.4 Å². The number of ether oxygens (including phenoxy) is 1. The number of hydrogen-bond donors (Lipinski definition) is 2. The van der Waals surface area contributed by atoms with Crippen LogP contribution in [0.15, 0.2) is 24.4 Å². The third kappa shape index (κ3) is 4.74. The molecule has 0 saturated carbocycles. The van der Waals surface area contributed by atoms with Crippen LogP contribution >= 0.6 is 0 Å². The molecule has 1 saturated heterocycles. The SMILES string of the molecule is CC(C)(C)OC(=O)N1CCC[C@H](CNc2cnc3cc(N)ccc3n2)C1. The van der Waals surface area contributed by atoms with Gasteiger partial charge in [-0.05, 0) is 57.7 Å². The first-order valence-corrected chi connectivity index (χ1v) is 9.04. The zero-order valence-corrected chi connectivity index (χ0v) is 15.7. The molecular weight excluding hydrogens is 330 g/mol. The van der Waals surface area contributed by atoms with E-state index in [1.807, 2.05) is 39.0 Å². The fourth-order valence-corrected chi connectivity index (χ4v) is 3.09. The third-order valence-electron chi connectivity index (χ3n) is 4.31. The summed E-state index contributed by atoms with van der Waals surface area (Å²) in [6.07, 6.45) is 3.54. The molecule has 2 aromatic rings. The summed E-state index contributed by atoms with van der Waals surface area (Å²) in [5.41, 5.74) is 7.57. The highest BCUT2D eigenvalue weighted by molar-refractivity contribution is 5.79. The lowest BCUT2D eigenvalue weighted by atomic mass is 9.98. The number of carbonyl (C=O) groups is 1. The maximum absolute atomic E-state index is 12.3. The first-order valence-electron chi connectivity index (χ1n) is 9.04. The molecule has 0 unspecified atom stereocenters. The summed E-state index contributed by atoms with van der Waals surface area (Å²) in [5, 5.41) is 3.35. The molecule has 1 aromatic carbocycles. The lowest BCUT2D eigenvalue weighted by Crippen LogP contribution is -2.44. The average molecular weight is 357 g/mol. The lowest BCUT2D eigenvalue weighted by molar-refractivity contribution is 0.0172. The predicted octanol–water partition coefficient (Wildman–Crippen LogP) is 3.27. The van der Waals surface area contributed by atoms with Crippen molar-refractivity contribution in [3.63, 3.8) is 0 Å². The summed E-state index contributed by atoms with van der Waals surface area (Å²) >= 11 is 0. The van der Waals surface area contributed by atoms with Crippen molar-refractivity contribution >= 4 is 28.6 Å². The number of piperidine rings is 1. The van der Waals surface area contributed by atoms with Gasteiger partial charge >= 0.3 is 6.09 Å². The number of nitrogens with two attached hydrogens (primary N) is 1. The van der Waals surface area contributed by atoms with Gasteiger partial charge in [0.25, 0.3) is 0 Å². The second kappa shape index (κ2) is 7.35. The third-order valence-corrected chi connectivity index (χ3v) is 4.31. The molecular formula is C19H27N5O2. The molecule has 0 bridgehead atoms. The van der Waals surface area contributed by atoms with E-state index in [0.29, 0.717) is 18.2 Å². The fourth-order valence-electron chi connectivity index (χ4n) is 3.09. The molecule has 3 rings (SSSR count). The first kappa shape index (κ1) is 18.2. The Morgan fingerprint density at radius 1 is 1.38 bits per heavy atom. The van der Waals surface area contributed by atoms with Crippen LogP contribution in [-0.2, 0) is 4.74 Å². The van der Waals surface area contributed by atoms with Crippen molar-refractivity contribution in [2.45, 2.75) is 39.2 Å². The minimum Gasteiger partial charge on any atom is -0.444 e. The molecule has 1 aromatic heterocycles. The van der Waals surface area contributed by atoms with Gasteiger partial charge in [-0.3, -0.25) is 4.98 Å². The van der Waals surface area contributed by atoms with Crippen molar-refractivity contribution in [2.24, 2.45) is 5.92 Å². The monoisotopic (exact) mass is 357 g/mol. The van der Waals surface area contributed by atoms with Gasteiger partial charge in [0.15, 0.2) is 0 Å². The largest absolute Gasteiger partial charge is 0.444 e. The average Bonchev–Trinajstić information content (AvgIpc) is 2.58. The molecule has 1 atom stereocenters. The maximum atomic E-state index is 12.3. The van der Waals surface area contributed by atoms with E-state index >= 15 is 0 Å². The lowest BCUT2D eigenvalue weighted by Gasteiger charge is -2.34. The second-order valence-electron chi connectivity index (χ2n) is 7.82. The van der Waals surface area contributed by atoms with Crippen LogP contribution in [-0.4, -0.2) is 46.2 Å². The van der Waals surface area contributed by atoms with Crippen LogP contribution in [0.1, 0.15) is 33.6 Å². The molecule has 1 aliphatic heterocycles. The molecule has 2 heterocycles. The standard InChI is InChI=1S/C19H27N5O2/c1-19(2,3)26-18(25)24-8-4-5-13(12-24)10-22-17-11-21-16-9-14(20)6-7-15(16)23-17/h6-7,9,11,13H,4-5,8,10,12,20H2,1-3H3,(H,22,23)/t13-/m1/s1. The molecule has 1 aliphatic rings. The molecule has 1 fully saturated rings. The van der Waals surface area contributed by atoms with Gasteiger partial charge in [0, 0.05) is 25.3 Å². The van der Waals surface area contributed by atoms with Gasteiger partial charge in [-0.15, -0.1) is 0 Å². The fraction of sp³-hybridized carbons (Fsp3) is 0.526. The van der Waals surface area contributed by atoms with E-state index in [2.05, 4.69) is 15.3 Å². The minimum atomic E-state index is -0.466. The van der Waals surface area contributed by atoms with Crippen LogP contribution in [0, 0.1) is 5.92 Å². The Balaban J connectivity index is 1.57. The highest BCUT2D eigenvalue weighted by Crippen LogP contribution is 2.20. The number of likely N-dealkylation sites (tertiary alicyclic amines) is 1. The number of nitrogens with zero attached hydrogens (tertiary/aromatic N) is 3. The zero-order chi connectivity index (χ0) is 18.7. The van der Waals surface area contributed by atoms with Gasteiger partial charge in [0.2, 0.25) is 0 Å². The van der Waals surface area contributed by atoms with Crippen LogP contribution in [0.2, 0.25) is 0 Å². The molecule has 0 aliphatic carbocycles. The van der Waals surface area contributed by atoms with Gasteiger partial charge in [-0.1, -0.05) is 0 Å². The van der Waals surface area contributed by atoms with Crippen LogP contribution in [0.25, 0.3) is 11.0 Å². The Morgan fingerprint density at radius 3 is 2.96 bits per heavy atom. The highest BCUT2D eigenvalue weighted by Gasteiger charge is 2.27. The Hall–Kier alpha value is -2.57. The van der Waals surface area contributed by atoms with Gasteiger partial charge in [0.05, 0.1) is 17.2 Å². The van der Waals surface area contributed by atoms with Gasteiger partial charge in [-0.25, -0.2) is 9.78 Å². The first-order chi connectivity index (χ1) is 12.3. The van der Waals surface area contributed by atoms with Crippen molar-refractivity contribution in [2.75, 3.05) is 30.7 Å².